The van der Waals surface area contributed by atoms with Gasteiger partial charge in [-0.25, -0.2) is 18.4 Å². The molecule has 2 N–H and O–H groups in total. The fourth-order valence-electron chi connectivity index (χ4n) is 3.40. The Morgan fingerprint density at radius 3 is 2.76 bits per heavy atom. The number of sulfonamides is 1. The second kappa shape index (κ2) is 6.68. The summed E-state index contributed by atoms with van der Waals surface area (Å²) in [7, 11) is -3.33. The summed E-state index contributed by atoms with van der Waals surface area (Å²) in [6, 6.07) is 15.6. The van der Waals surface area contributed by atoms with Crippen LogP contribution in [0, 0.1) is 0 Å². The molecule has 0 unspecified atom stereocenters. The van der Waals surface area contributed by atoms with Gasteiger partial charge in [-0.1, -0.05) is 18.2 Å². The summed E-state index contributed by atoms with van der Waals surface area (Å²) < 4.78 is 26.7. The maximum atomic E-state index is 11.5. The normalized spacial score (nSPS) is 11.9. The molecule has 29 heavy (non-hydrogen) atoms. The van der Waals surface area contributed by atoms with Crippen LogP contribution in [0.5, 0.6) is 0 Å². The number of aromatic nitrogens is 3. The first-order valence-electron chi connectivity index (χ1n) is 8.85. The highest BCUT2D eigenvalue weighted by Crippen LogP contribution is 2.33. The summed E-state index contributed by atoms with van der Waals surface area (Å²) in [6.07, 6.45) is 4.89. The van der Waals surface area contributed by atoms with Crippen molar-refractivity contribution in [2.75, 3.05) is 11.0 Å². The average Bonchev–Trinajstić information content (AvgIpc) is 3.32. The third kappa shape index (κ3) is 3.48. The third-order valence-electron chi connectivity index (χ3n) is 4.67. The van der Waals surface area contributed by atoms with Crippen molar-refractivity contribution in [1.29, 1.82) is 0 Å². The summed E-state index contributed by atoms with van der Waals surface area (Å²) in [5.74, 6) is 0. The van der Waals surface area contributed by atoms with E-state index in [1.54, 1.807) is 29.7 Å². The number of nitrogens with one attached hydrogen (secondary N) is 2. The lowest BCUT2D eigenvalue weighted by Crippen LogP contribution is -2.09. The first-order valence-corrected chi connectivity index (χ1v) is 11.6. The molecule has 0 aliphatic heterocycles. The molecule has 2 aromatic carbocycles. The second-order valence-electron chi connectivity index (χ2n) is 6.81. The Morgan fingerprint density at radius 2 is 1.90 bits per heavy atom. The molecule has 0 saturated heterocycles. The Balaban J connectivity index is 1.60. The molecule has 3 heterocycles. The first kappa shape index (κ1) is 17.8. The predicted molar refractivity (Wildman–Crippen MR) is 119 cm³/mol. The Morgan fingerprint density at radius 1 is 1.00 bits per heavy atom. The molecule has 8 heteroatoms. The quantitative estimate of drug-likeness (QED) is 0.434. The molecule has 5 aromatic rings. The van der Waals surface area contributed by atoms with E-state index in [2.05, 4.69) is 37.9 Å². The Bertz CT molecular complexity index is 1470. The number of hydrogen-bond acceptors (Lipinski definition) is 5. The number of rotatable bonds is 4. The van der Waals surface area contributed by atoms with Crippen molar-refractivity contribution >= 4 is 48.3 Å². The predicted octanol–water partition coefficient (Wildman–Crippen LogP) is 4.88. The van der Waals surface area contributed by atoms with Crippen molar-refractivity contribution in [1.82, 2.24) is 15.0 Å². The number of fused-ring (bicyclic) bond motifs is 2. The standard InChI is InChI=1S/C21H16N4O2S2/c1-29(26,27)25-16-4-2-3-13(7-16)15-8-17-18(11-23-21(17)22-10-15)14-5-6-19-20(9-14)28-12-24-19/h2-12,25H,1H3,(H,22,23). The molecular formula is C21H16N4O2S2. The van der Waals surface area contributed by atoms with Gasteiger partial charge in [-0.15, -0.1) is 11.3 Å². The highest BCUT2D eigenvalue weighted by Gasteiger charge is 2.11. The maximum absolute atomic E-state index is 11.5. The summed E-state index contributed by atoms with van der Waals surface area (Å²) >= 11 is 1.62. The van der Waals surface area contributed by atoms with Gasteiger partial charge in [0.25, 0.3) is 0 Å². The first-order chi connectivity index (χ1) is 14.0. The van der Waals surface area contributed by atoms with Crippen LogP contribution >= 0.6 is 11.3 Å². The van der Waals surface area contributed by atoms with Crippen molar-refractivity contribution in [3.05, 3.63) is 66.4 Å². The van der Waals surface area contributed by atoms with E-state index in [-0.39, 0.29) is 0 Å². The Hall–Kier alpha value is -3.23. The van der Waals surface area contributed by atoms with Crippen LogP contribution in [0.25, 0.3) is 43.5 Å². The van der Waals surface area contributed by atoms with E-state index < -0.39 is 10.0 Å². The monoisotopic (exact) mass is 420 g/mol. The zero-order chi connectivity index (χ0) is 20.0. The lowest BCUT2D eigenvalue weighted by Gasteiger charge is -2.07. The molecule has 0 radical (unpaired) electrons. The topological polar surface area (TPSA) is 87.7 Å². The zero-order valence-electron chi connectivity index (χ0n) is 15.4. The van der Waals surface area contributed by atoms with Crippen molar-refractivity contribution in [3.8, 4) is 22.3 Å². The molecule has 0 atom stereocenters. The third-order valence-corrected chi connectivity index (χ3v) is 6.07. The maximum Gasteiger partial charge on any atom is 0.229 e. The number of H-pyrrole nitrogens is 1. The number of anilines is 1. The molecule has 0 saturated carbocycles. The van der Waals surface area contributed by atoms with E-state index in [1.807, 2.05) is 29.9 Å². The van der Waals surface area contributed by atoms with Crippen LogP contribution < -0.4 is 4.72 Å². The SMILES string of the molecule is CS(=O)(=O)Nc1cccc(-c2cnc3[nH]cc(-c4ccc5ncsc5c4)c3c2)c1. The highest BCUT2D eigenvalue weighted by atomic mass is 32.2. The molecule has 5 rings (SSSR count). The number of nitrogens with zero attached hydrogens (tertiary/aromatic N) is 2. The summed E-state index contributed by atoms with van der Waals surface area (Å²) in [5, 5.41) is 1.01. The van der Waals surface area contributed by atoms with E-state index in [1.165, 1.54) is 0 Å². The molecule has 144 valence electrons. The summed E-state index contributed by atoms with van der Waals surface area (Å²) in [4.78, 5) is 12.1. The van der Waals surface area contributed by atoms with E-state index in [9.17, 15) is 8.42 Å². The van der Waals surface area contributed by atoms with Crippen LogP contribution in [0.3, 0.4) is 0 Å². The van der Waals surface area contributed by atoms with Gasteiger partial charge in [0.1, 0.15) is 5.65 Å². The van der Waals surface area contributed by atoms with Crippen molar-refractivity contribution in [2.24, 2.45) is 0 Å². The molecule has 0 fully saturated rings. The van der Waals surface area contributed by atoms with Gasteiger partial charge < -0.3 is 4.98 Å². The zero-order valence-corrected chi connectivity index (χ0v) is 17.0. The van der Waals surface area contributed by atoms with Gasteiger partial charge in [0.05, 0.1) is 22.0 Å². The minimum atomic E-state index is -3.33. The number of aromatic amines is 1. The number of benzene rings is 2. The summed E-state index contributed by atoms with van der Waals surface area (Å²) in [5.41, 5.74) is 8.13. The molecule has 0 aliphatic rings. The van der Waals surface area contributed by atoms with Gasteiger partial charge in [0, 0.05) is 34.6 Å². The van der Waals surface area contributed by atoms with Gasteiger partial charge in [0.2, 0.25) is 10.0 Å². The largest absolute Gasteiger partial charge is 0.346 e. The Kier molecular flexibility index (Phi) is 4.11. The van der Waals surface area contributed by atoms with Crippen molar-refractivity contribution in [2.45, 2.75) is 0 Å². The Labute approximate surface area is 171 Å². The van der Waals surface area contributed by atoms with Gasteiger partial charge in [-0.3, -0.25) is 4.72 Å². The van der Waals surface area contributed by atoms with E-state index in [4.69, 9.17) is 0 Å². The fourth-order valence-corrected chi connectivity index (χ4v) is 4.67. The lowest BCUT2D eigenvalue weighted by molar-refractivity contribution is 0.607. The molecular weight excluding hydrogens is 404 g/mol. The van der Waals surface area contributed by atoms with E-state index in [0.717, 1.165) is 49.8 Å². The molecule has 0 bridgehead atoms. The van der Waals surface area contributed by atoms with Gasteiger partial charge in [0.15, 0.2) is 0 Å². The van der Waals surface area contributed by atoms with Crippen LogP contribution in [0.4, 0.5) is 5.69 Å². The smallest absolute Gasteiger partial charge is 0.229 e. The molecule has 0 amide bonds. The fraction of sp³-hybridized carbons (Fsp3) is 0.0476. The molecule has 0 aliphatic carbocycles. The number of thiazole rings is 1. The molecule has 3 aromatic heterocycles. The van der Waals surface area contributed by atoms with E-state index >= 15 is 0 Å². The van der Waals surface area contributed by atoms with Crippen LogP contribution in [-0.4, -0.2) is 29.6 Å². The number of pyridine rings is 1. The lowest BCUT2D eigenvalue weighted by atomic mass is 10.0. The molecule has 0 spiro atoms. The van der Waals surface area contributed by atoms with Crippen LogP contribution in [0.15, 0.2) is 66.4 Å². The number of hydrogen-bond donors (Lipinski definition) is 2. The van der Waals surface area contributed by atoms with Crippen molar-refractivity contribution in [3.63, 3.8) is 0 Å². The van der Waals surface area contributed by atoms with E-state index in [0.29, 0.717) is 5.69 Å². The minimum Gasteiger partial charge on any atom is -0.346 e. The molecule has 6 nitrogen and oxygen atoms in total. The van der Waals surface area contributed by atoms with Gasteiger partial charge in [-0.2, -0.15) is 0 Å². The highest BCUT2D eigenvalue weighted by molar-refractivity contribution is 7.92. The van der Waals surface area contributed by atoms with Gasteiger partial charge in [-0.05, 0) is 41.5 Å². The van der Waals surface area contributed by atoms with Crippen molar-refractivity contribution < 1.29 is 8.42 Å². The van der Waals surface area contributed by atoms with Crippen LogP contribution in [0.1, 0.15) is 0 Å². The second-order valence-corrected chi connectivity index (χ2v) is 9.45. The average molecular weight is 421 g/mol. The summed E-state index contributed by atoms with van der Waals surface area (Å²) in [6.45, 7) is 0. The minimum absolute atomic E-state index is 0.523. The van der Waals surface area contributed by atoms with Gasteiger partial charge >= 0.3 is 0 Å². The van der Waals surface area contributed by atoms with Crippen LogP contribution in [0.2, 0.25) is 0 Å². The van der Waals surface area contributed by atoms with Crippen LogP contribution in [-0.2, 0) is 10.0 Å².